The molecule has 144 valence electrons. The van der Waals surface area contributed by atoms with Crippen molar-refractivity contribution in [2.75, 3.05) is 11.9 Å². The normalized spacial score (nSPS) is 10.6. The van der Waals surface area contributed by atoms with Crippen molar-refractivity contribution in [2.45, 2.75) is 19.9 Å². The highest BCUT2D eigenvalue weighted by molar-refractivity contribution is 9.10. The number of carbonyl (C=O) groups is 2. The van der Waals surface area contributed by atoms with Gasteiger partial charge >= 0.3 is 0 Å². The molecule has 0 aliphatic heterocycles. The predicted octanol–water partition coefficient (Wildman–Crippen LogP) is 2.48. The number of aromatic nitrogens is 2. The van der Waals surface area contributed by atoms with Crippen molar-refractivity contribution in [3.63, 3.8) is 0 Å². The van der Waals surface area contributed by atoms with Crippen LogP contribution in [-0.4, -0.2) is 27.9 Å². The minimum absolute atomic E-state index is 0.182. The molecule has 2 aromatic carbocycles. The van der Waals surface area contributed by atoms with Gasteiger partial charge in [0.25, 0.3) is 5.56 Å². The Balaban J connectivity index is 1.61. The number of para-hydroxylation sites is 1. The van der Waals surface area contributed by atoms with Crippen LogP contribution in [0.3, 0.4) is 0 Å². The number of nitrogens with zero attached hydrogens (tertiary/aromatic N) is 2. The molecular weight excluding hydrogens is 424 g/mol. The summed E-state index contributed by atoms with van der Waals surface area (Å²) in [6.45, 7) is 1.60. The molecule has 28 heavy (non-hydrogen) atoms. The molecule has 2 N–H and O–H groups in total. The molecule has 0 spiro atoms. The maximum atomic E-state index is 12.5. The lowest BCUT2D eigenvalue weighted by atomic mass is 10.1. The third-order valence-corrected chi connectivity index (χ3v) is 4.71. The van der Waals surface area contributed by atoms with Gasteiger partial charge in [-0.05, 0) is 36.2 Å². The second-order valence-corrected chi connectivity index (χ2v) is 7.09. The van der Waals surface area contributed by atoms with Crippen LogP contribution in [-0.2, 0) is 22.6 Å². The summed E-state index contributed by atoms with van der Waals surface area (Å²) in [6, 6.07) is 12.7. The van der Waals surface area contributed by atoms with Crippen molar-refractivity contribution in [3.05, 3.63) is 69.2 Å². The Morgan fingerprint density at radius 2 is 1.93 bits per heavy atom. The monoisotopic (exact) mass is 442 g/mol. The van der Waals surface area contributed by atoms with E-state index in [-0.39, 0.29) is 24.6 Å². The molecule has 1 heterocycles. The van der Waals surface area contributed by atoms with E-state index in [4.69, 9.17) is 0 Å². The molecule has 3 rings (SSSR count). The third-order valence-electron chi connectivity index (χ3n) is 4.22. The molecule has 0 saturated heterocycles. The number of aryl methyl sites for hydroxylation is 1. The van der Waals surface area contributed by atoms with Crippen LogP contribution in [0.15, 0.2) is 58.1 Å². The number of carbonyl (C=O) groups excluding carboxylic acids is 2. The van der Waals surface area contributed by atoms with Crippen molar-refractivity contribution in [1.29, 1.82) is 0 Å². The van der Waals surface area contributed by atoms with E-state index in [2.05, 4.69) is 31.5 Å². The summed E-state index contributed by atoms with van der Waals surface area (Å²) in [5.74, 6) is -0.778. The van der Waals surface area contributed by atoms with E-state index in [1.54, 1.807) is 18.2 Å². The summed E-state index contributed by atoms with van der Waals surface area (Å²) in [7, 11) is 0. The lowest BCUT2D eigenvalue weighted by Gasteiger charge is -2.11. The standard InChI is InChI=1S/C20H19BrN4O3/c1-2-13-5-3-4-6-16(13)24-18(26)10-22-19(27)11-25-12-23-17-8-7-14(21)9-15(17)20(25)28/h3-9,12H,2,10-11H2,1H3,(H,22,27)(H,24,26). The highest BCUT2D eigenvalue weighted by Gasteiger charge is 2.11. The molecule has 0 unspecified atom stereocenters. The van der Waals surface area contributed by atoms with Crippen LogP contribution in [0.1, 0.15) is 12.5 Å². The van der Waals surface area contributed by atoms with Crippen LogP contribution < -0.4 is 16.2 Å². The first-order chi connectivity index (χ1) is 13.5. The number of hydrogen-bond acceptors (Lipinski definition) is 4. The Morgan fingerprint density at radius 3 is 2.71 bits per heavy atom. The summed E-state index contributed by atoms with van der Waals surface area (Å²) in [5, 5.41) is 5.73. The maximum Gasteiger partial charge on any atom is 0.261 e. The van der Waals surface area contributed by atoms with E-state index in [0.29, 0.717) is 10.9 Å². The first-order valence-corrected chi connectivity index (χ1v) is 9.56. The van der Waals surface area contributed by atoms with Gasteiger partial charge in [-0.3, -0.25) is 19.0 Å². The Morgan fingerprint density at radius 1 is 1.14 bits per heavy atom. The number of halogens is 1. The molecule has 8 heteroatoms. The lowest BCUT2D eigenvalue weighted by molar-refractivity contribution is -0.124. The summed E-state index contributed by atoms with van der Waals surface area (Å²) >= 11 is 3.32. The fourth-order valence-corrected chi connectivity index (χ4v) is 3.14. The van der Waals surface area contributed by atoms with Crippen molar-refractivity contribution in [3.8, 4) is 0 Å². The number of amides is 2. The molecule has 3 aromatic rings. The van der Waals surface area contributed by atoms with Gasteiger partial charge in [0.05, 0.1) is 23.8 Å². The van der Waals surface area contributed by atoms with Gasteiger partial charge in [0, 0.05) is 10.2 Å². The number of hydrogen-bond donors (Lipinski definition) is 2. The molecule has 2 amide bonds. The molecular formula is C20H19BrN4O3. The zero-order valence-corrected chi connectivity index (χ0v) is 16.8. The fourth-order valence-electron chi connectivity index (χ4n) is 2.78. The zero-order chi connectivity index (χ0) is 20.1. The Hall–Kier alpha value is -3.00. The number of fused-ring (bicyclic) bond motifs is 1. The van der Waals surface area contributed by atoms with E-state index in [1.165, 1.54) is 10.9 Å². The minimum Gasteiger partial charge on any atom is -0.345 e. The minimum atomic E-state index is -0.447. The topological polar surface area (TPSA) is 93.1 Å². The molecule has 1 aromatic heterocycles. The first-order valence-electron chi connectivity index (χ1n) is 8.77. The van der Waals surface area contributed by atoms with E-state index >= 15 is 0 Å². The fraction of sp³-hybridized carbons (Fsp3) is 0.200. The Bertz CT molecular complexity index is 1090. The van der Waals surface area contributed by atoms with Crippen molar-refractivity contribution in [1.82, 2.24) is 14.9 Å². The summed E-state index contributed by atoms with van der Waals surface area (Å²) in [4.78, 5) is 41.0. The summed E-state index contributed by atoms with van der Waals surface area (Å²) in [5.41, 5.74) is 1.98. The molecule has 0 aliphatic carbocycles. The van der Waals surface area contributed by atoms with Gasteiger partial charge in [-0.1, -0.05) is 41.1 Å². The third kappa shape index (κ3) is 4.64. The number of benzene rings is 2. The quantitative estimate of drug-likeness (QED) is 0.612. The molecule has 7 nitrogen and oxygen atoms in total. The molecule has 0 atom stereocenters. The van der Waals surface area contributed by atoms with E-state index < -0.39 is 5.91 Å². The first kappa shape index (κ1) is 19.8. The lowest BCUT2D eigenvalue weighted by Crippen LogP contribution is -2.37. The molecule has 0 fully saturated rings. The van der Waals surface area contributed by atoms with Crippen LogP contribution in [0.4, 0.5) is 5.69 Å². The second kappa shape index (κ2) is 8.79. The van der Waals surface area contributed by atoms with Crippen LogP contribution in [0.2, 0.25) is 0 Å². The van der Waals surface area contributed by atoms with Gasteiger partial charge in [0.2, 0.25) is 11.8 Å². The van der Waals surface area contributed by atoms with Crippen LogP contribution >= 0.6 is 15.9 Å². The summed E-state index contributed by atoms with van der Waals surface area (Å²) < 4.78 is 1.97. The highest BCUT2D eigenvalue weighted by atomic mass is 79.9. The summed E-state index contributed by atoms with van der Waals surface area (Å²) in [6.07, 6.45) is 2.12. The average Bonchev–Trinajstić information content (AvgIpc) is 2.69. The van der Waals surface area contributed by atoms with Crippen LogP contribution in [0, 0.1) is 0 Å². The zero-order valence-electron chi connectivity index (χ0n) is 15.2. The van der Waals surface area contributed by atoms with Gasteiger partial charge in [-0.2, -0.15) is 0 Å². The van der Waals surface area contributed by atoms with Crippen LogP contribution in [0.5, 0.6) is 0 Å². The second-order valence-electron chi connectivity index (χ2n) is 6.17. The van der Waals surface area contributed by atoms with Crippen molar-refractivity contribution >= 4 is 44.3 Å². The SMILES string of the molecule is CCc1ccccc1NC(=O)CNC(=O)Cn1cnc2ccc(Br)cc2c1=O. The predicted molar refractivity (Wildman–Crippen MR) is 111 cm³/mol. The van der Waals surface area contributed by atoms with Crippen LogP contribution in [0.25, 0.3) is 10.9 Å². The largest absolute Gasteiger partial charge is 0.345 e. The maximum absolute atomic E-state index is 12.5. The Kier molecular flexibility index (Phi) is 6.20. The number of rotatable bonds is 6. The molecule has 0 radical (unpaired) electrons. The number of nitrogens with one attached hydrogen (secondary N) is 2. The van der Waals surface area contributed by atoms with E-state index in [0.717, 1.165) is 22.1 Å². The number of anilines is 1. The van der Waals surface area contributed by atoms with E-state index in [1.807, 2.05) is 31.2 Å². The highest BCUT2D eigenvalue weighted by Crippen LogP contribution is 2.15. The smallest absolute Gasteiger partial charge is 0.261 e. The van der Waals surface area contributed by atoms with Crippen molar-refractivity contribution < 1.29 is 9.59 Å². The van der Waals surface area contributed by atoms with Crippen molar-refractivity contribution in [2.24, 2.45) is 0 Å². The Labute approximate surface area is 169 Å². The van der Waals surface area contributed by atoms with Gasteiger partial charge in [0.15, 0.2) is 0 Å². The van der Waals surface area contributed by atoms with Gasteiger partial charge in [0.1, 0.15) is 6.54 Å². The molecule has 0 aliphatic rings. The van der Waals surface area contributed by atoms with E-state index in [9.17, 15) is 14.4 Å². The van der Waals surface area contributed by atoms with Gasteiger partial charge in [-0.25, -0.2) is 4.98 Å². The average molecular weight is 443 g/mol. The van der Waals surface area contributed by atoms with Gasteiger partial charge in [-0.15, -0.1) is 0 Å². The van der Waals surface area contributed by atoms with Gasteiger partial charge < -0.3 is 10.6 Å². The molecule has 0 bridgehead atoms. The molecule has 0 saturated carbocycles.